The van der Waals surface area contributed by atoms with Crippen LogP contribution in [0.2, 0.25) is 0 Å². The van der Waals surface area contributed by atoms with Crippen LogP contribution in [0, 0.1) is 19.7 Å². The molecule has 0 bridgehead atoms. The van der Waals surface area contributed by atoms with Gasteiger partial charge in [0, 0.05) is 6.54 Å². The molecular weight excluding hydrogens is 269 g/mol. The molecule has 2 aromatic rings. The highest BCUT2D eigenvalue weighted by Gasteiger charge is 2.08. The number of aliphatic hydroxyl groups is 1. The summed E-state index contributed by atoms with van der Waals surface area (Å²) in [7, 11) is 0. The van der Waals surface area contributed by atoms with Gasteiger partial charge in [0.25, 0.3) is 0 Å². The lowest BCUT2D eigenvalue weighted by atomic mass is 10.2. The Bertz CT molecular complexity index is 601. The minimum Gasteiger partial charge on any atom is -0.491 e. The van der Waals surface area contributed by atoms with E-state index in [0.29, 0.717) is 5.69 Å². The van der Waals surface area contributed by atoms with Crippen LogP contribution in [0.5, 0.6) is 5.75 Å². The first-order valence-electron chi connectivity index (χ1n) is 6.93. The lowest BCUT2D eigenvalue weighted by Gasteiger charge is -2.15. The highest BCUT2D eigenvalue weighted by atomic mass is 19.1. The maximum absolute atomic E-state index is 13.5. The summed E-state index contributed by atoms with van der Waals surface area (Å²) in [6.07, 6.45) is -0.718. The lowest BCUT2D eigenvalue weighted by molar-refractivity contribution is 0.117. The summed E-state index contributed by atoms with van der Waals surface area (Å²) < 4.78 is 19.1. The van der Waals surface area contributed by atoms with Crippen molar-refractivity contribution in [2.75, 3.05) is 18.5 Å². The number of rotatable bonds is 6. The van der Waals surface area contributed by atoms with Gasteiger partial charge in [-0.25, -0.2) is 4.39 Å². The standard InChI is InChI=1S/C17H20FNO2/c1-12-7-8-15(18)16(9-12)19-10-14(20)11-21-17-6-4-3-5-13(17)2/h3-9,14,19-20H,10-11H2,1-2H3. The van der Waals surface area contributed by atoms with Crippen LogP contribution < -0.4 is 10.1 Å². The largest absolute Gasteiger partial charge is 0.491 e. The minimum absolute atomic E-state index is 0.158. The van der Waals surface area contributed by atoms with Gasteiger partial charge in [-0.15, -0.1) is 0 Å². The van der Waals surface area contributed by atoms with Gasteiger partial charge in [-0.3, -0.25) is 0 Å². The van der Waals surface area contributed by atoms with E-state index in [4.69, 9.17) is 4.74 Å². The molecule has 0 aliphatic rings. The Morgan fingerprint density at radius 2 is 1.95 bits per heavy atom. The van der Waals surface area contributed by atoms with Crippen LogP contribution in [0.1, 0.15) is 11.1 Å². The summed E-state index contributed by atoms with van der Waals surface area (Å²) in [6.45, 7) is 4.22. The second kappa shape index (κ2) is 7.09. The number of para-hydroxylation sites is 1. The zero-order chi connectivity index (χ0) is 15.2. The van der Waals surface area contributed by atoms with Gasteiger partial charge in [-0.2, -0.15) is 0 Å². The number of hydrogen-bond donors (Lipinski definition) is 2. The zero-order valence-electron chi connectivity index (χ0n) is 12.3. The molecule has 0 aliphatic heterocycles. The third kappa shape index (κ3) is 4.46. The molecule has 1 atom stereocenters. The monoisotopic (exact) mass is 289 g/mol. The van der Waals surface area contributed by atoms with Crippen molar-refractivity contribution in [1.82, 2.24) is 0 Å². The summed E-state index contributed by atoms with van der Waals surface area (Å²) in [5.74, 6) is 0.422. The van der Waals surface area contributed by atoms with E-state index in [1.54, 1.807) is 12.1 Å². The molecule has 112 valence electrons. The van der Waals surface area contributed by atoms with E-state index in [9.17, 15) is 9.50 Å². The van der Waals surface area contributed by atoms with Crippen LogP contribution in [0.4, 0.5) is 10.1 Å². The van der Waals surface area contributed by atoms with Crippen molar-refractivity contribution < 1.29 is 14.2 Å². The number of halogens is 1. The fraction of sp³-hybridized carbons (Fsp3) is 0.294. The molecule has 2 N–H and O–H groups in total. The lowest BCUT2D eigenvalue weighted by Crippen LogP contribution is -2.26. The van der Waals surface area contributed by atoms with Crippen LogP contribution in [0.25, 0.3) is 0 Å². The van der Waals surface area contributed by atoms with Crippen molar-refractivity contribution in [3.05, 3.63) is 59.4 Å². The zero-order valence-corrected chi connectivity index (χ0v) is 12.3. The predicted molar refractivity (Wildman–Crippen MR) is 82.3 cm³/mol. The average Bonchev–Trinajstić information content (AvgIpc) is 2.47. The first kappa shape index (κ1) is 15.3. The second-order valence-electron chi connectivity index (χ2n) is 5.09. The van der Waals surface area contributed by atoms with Gasteiger partial charge < -0.3 is 15.2 Å². The summed E-state index contributed by atoms with van der Waals surface area (Å²) in [5.41, 5.74) is 2.37. The van der Waals surface area contributed by atoms with Gasteiger partial charge in [-0.05, 0) is 43.2 Å². The fourth-order valence-electron chi connectivity index (χ4n) is 1.97. The van der Waals surface area contributed by atoms with Crippen molar-refractivity contribution in [2.24, 2.45) is 0 Å². The highest BCUT2D eigenvalue weighted by Crippen LogP contribution is 2.17. The Balaban J connectivity index is 1.84. The molecule has 0 saturated carbocycles. The van der Waals surface area contributed by atoms with E-state index in [2.05, 4.69) is 5.32 Å². The number of anilines is 1. The predicted octanol–water partition coefficient (Wildman–Crippen LogP) is 3.29. The molecule has 0 saturated heterocycles. The Labute approximate surface area is 124 Å². The Kier molecular flexibility index (Phi) is 5.17. The third-order valence-corrected chi connectivity index (χ3v) is 3.17. The maximum atomic E-state index is 13.5. The Morgan fingerprint density at radius 3 is 2.71 bits per heavy atom. The number of ether oxygens (including phenoxy) is 1. The first-order chi connectivity index (χ1) is 10.1. The van der Waals surface area contributed by atoms with E-state index in [1.165, 1.54) is 6.07 Å². The molecule has 0 radical (unpaired) electrons. The molecule has 0 fully saturated rings. The Hall–Kier alpha value is -2.07. The molecule has 2 rings (SSSR count). The van der Waals surface area contributed by atoms with E-state index in [0.717, 1.165) is 16.9 Å². The van der Waals surface area contributed by atoms with Crippen LogP contribution in [-0.2, 0) is 0 Å². The molecule has 21 heavy (non-hydrogen) atoms. The van der Waals surface area contributed by atoms with Gasteiger partial charge in [-0.1, -0.05) is 24.3 Å². The fourth-order valence-corrected chi connectivity index (χ4v) is 1.97. The van der Waals surface area contributed by atoms with Crippen LogP contribution in [0.3, 0.4) is 0 Å². The van der Waals surface area contributed by atoms with Crippen LogP contribution >= 0.6 is 0 Å². The molecule has 2 aromatic carbocycles. The summed E-state index contributed by atoms with van der Waals surface area (Å²) in [6, 6.07) is 12.4. The third-order valence-electron chi connectivity index (χ3n) is 3.17. The van der Waals surface area contributed by atoms with E-state index in [-0.39, 0.29) is 19.0 Å². The van der Waals surface area contributed by atoms with Crippen LogP contribution in [0.15, 0.2) is 42.5 Å². The quantitative estimate of drug-likeness (QED) is 0.857. The summed E-state index contributed by atoms with van der Waals surface area (Å²) >= 11 is 0. The highest BCUT2D eigenvalue weighted by molar-refractivity contribution is 5.47. The van der Waals surface area contributed by atoms with Crippen molar-refractivity contribution in [3.8, 4) is 5.75 Å². The van der Waals surface area contributed by atoms with Gasteiger partial charge >= 0.3 is 0 Å². The average molecular weight is 289 g/mol. The van der Waals surface area contributed by atoms with Gasteiger partial charge in [0.1, 0.15) is 24.3 Å². The number of benzene rings is 2. The van der Waals surface area contributed by atoms with E-state index in [1.807, 2.05) is 38.1 Å². The van der Waals surface area contributed by atoms with E-state index < -0.39 is 6.10 Å². The van der Waals surface area contributed by atoms with Crippen molar-refractivity contribution >= 4 is 5.69 Å². The smallest absolute Gasteiger partial charge is 0.146 e. The maximum Gasteiger partial charge on any atom is 0.146 e. The molecule has 0 amide bonds. The van der Waals surface area contributed by atoms with Crippen molar-refractivity contribution in [1.29, 1.82) is 0 Å². The number of hydrogen-bond acceptors (Lipinski definition) is 3. The van der Waals surface area contributed by atoms with E-state index >= 15 is 0 Å². The minimum atomic E-state index is -0.718. The molecule has 0 aromatic heterocycles. The van der Waals surface area contributed by atoms with Crippen molar-refractivity contribution in [2.45, 2.75) is 20.0 Å². The summed E-state index contributed by atoms with van der Waals surface area (Å²) in [5, 5.41) is 12.8. The topological polar surface area (TPSA) is 41.5 Å². The normalized spacial score (nSPS) is 12.0. The molecule has 3 nitrogen and oxygen atoms in total. The molecule has 1 unspecified atom stereocenters. The molecule has 0 spiro atoms. The second-order valence-corrected chi connectivity index (χ2v) is 5.09. The molecule has 0 heterocycles. The molecule has 4 heteroatoms. The first-order valence-corrected chi connectivity index (χ1v) is 6.93. The summed E-state index contributed by atoms with van der Waals surface area (Å²) in [4.78, 5) is 0. The number of aryl methyl sites for hydroxylation is 2. The number of nitrogens with one attached hydrogen (secondary N) is 1. The Morgan fingerprint density at radius 1 is 1.19 bits per heavy atom. The van der Waals surface area contributed by atoms with Crippen LogP contribution in [-0.4, -0.2) is 24.4 Å². The van der Waals surface area contributed by atoms with Gasteiger partial charge in [0.15, 0.2) is 0 Å². The van der Waals surface area contributed by atoms with Gasteiger partial charge in [0.2, 0.25) is 0 Å². The molecular formula is C17H20FNO2. The van der Waals surface area contributed by atoms with Gasteiger partial charge in [0.05, 0.1) is 5.69 Å². The van der Waals surface area contributed by atoms with Crippen molar-refractivity contribution in [3.63, 3.8) is 0 Å². The SMILES string of the molecule is Cc1ccc(F)c(NCC(O)COc2ccccc2C)c1. The molecule has 0 aliphatic carbocycles. The number of aliphatic hydroxyl groups excluding tert-OH is 1.